The SMILES string of the molecule is O=C1N[C@H](c2ccccc2)O[C@H]1Cc1ccccc1. The van der Waals surface area contributed by atoms with Gasteiger partial charge < -0.3 is 10.1 Å². The number of hydrogen-bond acceptors (Lipinski definition) is 2. The van der Waals surface area contributed by atoms with Gasteiger partial charge in [0.1, 0.15) is 6.10 Å². The van der Waals surface area contributed by atoms with Crippen LogP contribution in [0.25, 0.3) is 0 Å². The Morgan fingerprint density at radius 1 is 0.947 bits per heavy atom. The van der Waals surface area contributed by atoms with Gasteiger partial charge in [-0.3, -0.25) is 4.79 Å². The summed E-state index contributed by atoms with van der Waals surface area (Å²) in [5, 5.41) is 2.88. The quantitative estimate of drug-likeness (QED) is 0.912. The molecule has 96 valence electrons. The van der Waals surface area contributed by atoms with Crippen LogP contribution in [0.5, 0.6) is 0 Å². The van der Waals surface area contributed by atoms with Gasteiger partial charge in [0.25, 0.3) is 5.91 Å². The normalized spacial score (nSPS) is 22.2. The number of nitrogens with one attached hydrogen (secondary N) is 1. The van der Waals surface area contributed by atoms with Gasteiger partial charge in [0, 0.05) is 12.0 Å². The predicted octanol–water partition coefficient (Wildman–Crippen LogP) is 2.44. The summed E-state index contributed by atoms with van der Waals surface area (Å²) in [4.78, 5) is 11.9. The van der Waals surface area contributed by atoms with Gasteiger partial charge in [-0.2, -0.15) is 0 Å². The van der Waals surface area contributed by atoms with Gasteiger partial charge in [0.15, 0.2) is 6.23 Å². The second kappa shape index (κ2) is 5.24. The molecule has 1 heterocycles. The molecule has 0 saturated carbocycles. The van der Waals surface area contributed by atoms with E-state index in [-0.39, 0.29) is 12.1 Å². The Labute approximate surface area is 112 Å². The van der Waals surface area contributed by atoms with Crippen LogP contribution in [-0.4, -0.2) is 12.0 Å². The van der Waals surface area contributed by atoms with Crippen molar-refractivity contribution in [2.45, 2.75) is 18.8 Å². The first-order valence-electron chi connectivity index (χ1n) is 6.37. The second-order valence-corrected chi connectivity index (χ2v) is 4.61. The number of carbonyl (C=O) groups is 1. The number of ether oxygens (including phenoxy) is 1. The van der Waals surface area contributed by atoms with E-state index in [1.54, 1.807) is 0 Å². The molecule has 0 aromatic heterocycles. The van der Waals surface area contributed by atoms with Crippen molar-refractivity contribution in [2.24, 2.45) is 0 Å². The van der Waals surface area contributed by atoms with Crippen LogP contribution in [0.2, 0.25) is 0 Å². The number of rotatable bonds is 3. The second-order valence-electron chi connectivity index (χ2n) is 4.61. The Morgan fingerprint density at radius 2 is 1.58 bits per heavy atom. The summed E-state index contributed by atoms with van der Waals surface area (Å²) in [6, 6.07) is 19.6. The highest BCUT2D eigenvalue weighted by Gasteiger charge is 2.33. The summed E-state index contributed by atoms with van der Waals surface area (Å²) >= 11 is 0. The van der Waals surface area contributed by atoms with E-state index < -0.39 is 6.10 Å². The van der Waals surface area contributed by atoms with E-state index in [4.69, 9.17) is 4.74 Å². The molecule has 2 aromatic carbocycles. The third-order valence-electron chi connectivity index (χ3n) is 3.23. The molecule has 1 fully saturated rings. The van der Waals surface area contributed by atoms with Crippen molar-refractivity contribution >= 4 is 5.91 Å². The van der Waals surface area contributed by atoms with Gasteiger partial charge in [-0.25, -0.2) is 0 Å². The van der Waals surface area contributed by atoms with Crippen LogP contribution >= 0.6 is 0 Å². The van der Waals surface area contributed by atoms with Crippen molar-refractivity contribution in [3.05, 3.63) is 71.8 Å². The fourth-order valence-corrected chi connectivity index (χ4v) is 2.24. The smallest absolute Gasteiger partial charge is 0.251 e. The predicted molar refractivity (Wildman–Crippen MR) is 72.3 cm³/mol. The molecule has 1 aliphatic rings. The standard InChI is InChI=1S/C16H15NO2/c18-15-14(11-12-7-3-1-4-8-12)19-16(17-15)13-9-5-2-6-10-13/h1-10,14,16H,11H2,(H,17,18)/t14-,16-/m0/s1. The zero-order chi connectivity index (χ0) is 13.1. The summed E-state index contributed by atoms with van der Waals surface area (Å²) in [6.45, 7) is 0. The monoisotopic (exact) mass is 253 g/mol. The van der Waals surface area contributed by atoms with Crippen LogP contribution in [0, 0.1) is 0 Å². The first kappa shape index (κ1) is 11.9. The Kier molecular flexibility index (Phi) is 3.29. The summed E-state index contributed by atoms with van der Waals surface area (Å²) < 4.78 is 5.80. The number of carbonyl (C=O) groups excluding carboxylic acids is 1. The van der Waals surface area contributed by atoms with Crippen molar-refractivity contribution in [3.63, 3.8) is 0 Å². The van der Waals surface area contributed by atoms with Crippen LogP contribution in [-0.2, 0) is 16.0 Å². The topological polar surface area (TPSA) is 38.3 Å². The molecule has 1 aliphatic heterocycles. The van der Waals surface area contributed by atoms with Crippen molar-refractivity contribution in [2.75, 3.05) is 0 Å². The van der Waals surface area contributed by atoms with E-state index in [9.17, 15) is 4.79 Å². The summed E-state index contributed by atoms with van der Waals surface area (Å²) in [5.74, 6) is -0.0438. The maximum atomic E-state index is 11.9. The van der Waals surface area contributed by atoms with Crippen molar-refractivity contribution in [3.8, 4) is 0 Å². The Hall–Kier alpha value is -2.13. The molecule has 2 aromatic rings. The molecule has 0 bridgehead atoms. The minimum Gasteiger partial charge on any atom is -0.341 e. The maximum absolute atomic E-state index is 11.9. The molecule has 3 nitrogen and oxygen atoms in total. The largest absolute Gasteiger partial charge is 0.341 e. The van der Waals surface area contributed by atoms with E-state index in [2.05, 4.69) is 5.32 Å². The molecule has 19 heavy (non-hydrogen) atoms. The van der Waals surface area contributed by atoms with E-state index in [1.807, 2.05) is 60.7 Å². The molecule has 1 N–H and O–H groups in total. The maximum Gasteiger partial charge on any atom is 0.251 e. The van der Waals surface area contributed by atoms with Crippen LogP contribution < -0.4 is 5.32 Å². The van der Waals surface area contributed by atoms with Gasteiger partial charge >= 0.3 is 0 Å². The lowest BCUT2D eigenvalue weighted by molar-refractivity contribution is -0.123. The average Bonchev–Trinajstić information content (AvgIpc) is 2.82. The zero-order valence-corrected chi connectivity index (χ0v) is 10.5. The molecular formula is C16H15NO2. The lowest BCUT2D eigenvalue weighted by atomic mass is 10.1. The Balaban J connectivity index is 1.71. The van der Waals surface area contributed by atoms with E-state index in [0.29, 0.717) is 6.42 Å². The van der Waals surface area contributed by atoms with Crippen LogP contribution in [0.4, 0.5) is 0 Å². The van der Waals surface area contributed by atoms with Crippen LogP contribution in [0.3, 0.4) is 0 Å². The molecule has 0 radical (unpaired) electrons. The zero-order valence-electron chi connectivity index (χ0n) is 10.5. The van der Waals surface area contributed by atoms with Crippen molar-refractivity contribution in [1.29, 1.82) is 0 Å². The molecule has 3 heteroatoms. The molecule has 0 aliphatic carbocycles. The van der Waals surface area contributed by atoms with Crippen molar-refractivity contribution < 1.29 is 9.53 Å². The minimum atomic E-state index is -0.410. The van der Waals surface area contributed by atoms with Gasteiger partial charge in [-0.15, -0.1) is 0 Å². The lowest BCUT2D eigenvalue weighted by Crippen LogP contribution is -2.25. The number of amides is 1. The van der Waals surface area contributed by atoms with Crippen molar-refractivity contribution in [1.82, 2.24) is 5.32 Å². The van der Waals surface area contributed by atoms with Gasteiger partial charge in [-0.05, 0) is 5.56 Å². The fraction of sp³-hybridized carbons (Fsp3) is 0.188. The third-order valence-corrected chi connectivity index (χ3v) is 3.23. The highest BCUT2D eigenvalue weighted by molar-refractivity contribution is 5.83. The average molecular weight is 253 g/mol. The first-order valence-corrected chi connectivity index (χ1v) is 6.37. The highest BCUT2D eigenvalue weighted by atomic mass is 16.5. The van der Waals surface area contributed by atoms with E-state index >= 15 is 0 Å². The molecule has 0 spiro atoms. The summed E-state index contributed by atoms with van der Waals surface area (Å²) in [6.07, 6.45) is -0.134. The van der Waals surface area contributed by atoms with Gasteiger partial charge in [-0.1, -0.05) is 60.7 Å². The Morgan fingerprint density at radius 3 is 2.26 bits per heavy atom. The van der Waals surface area contributed by atoms with Gasteiger partial charge in [0.05, 0.1) is 0 Å². The Bertz CT molecular complexity index is 553. The van der Waals surface area contributed by atoms with E-state index in [1.165, 1.54) is 0 Å². The molecule has 0 unspecified atom stereocenters. The minimum absolute atomic E-state index is 0.0438. The molecule has 3 rings (SSSR count). The lowest BCUT2D eigenvalue weighted by Gasteiger charge is -2.11. The summed E-state index contributed by atoms with van der Waals surface area (Å²) in [7, 11) is 0. The molecule has 1 saturated heterocycles. The molecule has 1 amide bonds. The summed E-state index contributed by atoms with van der Waals surface area (Å²) in [5.41, 5.74) is 2.09. The third kappa shape index (κ3) is 2.66. The highest BCUT2D eigenvalue weighted by Crippen LogP contribution is 2.23. The fourth-order valence-electron chi connectivity index (χ4n) is 2.24. The van der Waals surface area contributed by atoms with Crippen LogP contribution in [0.15, 0.2) is 60.7 Å². The van der Waals surface area contributed by atoms with E-state index in [0.717, 1.165) is 11.1 Å². The molecular weight excluding hydrogens is 238 g/mol. The number of hydrogen-bond donors (Lipinski definition) is 1. The van der Waals surface area contributed by atoms with Crippen LogP contribution in [0.1, 0.15) is 17.4 Å². The first-order chi connectivity index (χ1) is 9.33. The van der Waals surface area contributed by atoms with Gasteiger partial charge in [0.2, 0.25) is 0 Å². The molecule has 2 atom stereocenters. The number of benzene rings is 2.